The molecule has 0 atom stereocenters. The third kappa shape index (κ3) is 4.12. The number of rotatable bonds is 1. The van der Waals surface area contributed by atoms with Crippen LogP contribution in [-0.2, 0) is 4.79 Å². The molecular formula is C10H17N5O. The first-order valence-electron chi connectivity index (χ1n) is 5.23. The van der Waals surface area contributed by atoms with Crippen molar-refractivity contribution in [1.29, 1.82) is 0 Å². The number of primary amides is 1. The topological polar surface area (TPSA) is 121 Å². The Bertz CT molecular complexity index is 332. The van der Waals surface area contributed by atoms with Gasteiger partial charge in [-0.05, 0) is 18.9 Å². The van der Waals surface area contributed by atoms with E-state index in [4.69, 9.17) is 17.2 Å². The first-order valence-corrected chi connectivity index (χ1v) is 5.23. The Hall–Kier alpha value is -1.85. The van der Waals surface area contributed by atoms with E-state index in [-0.39, 0.29) is 17.8 Å². The molecule has 6 N–H and O–H groups in total. The molecule has 1 aliphatic rings. The second-order valence-corrected chi connectivity index (χ2v) is 3.72. The molecule has 6 heteroatoms. The number of nitrogens with zero attached hydrogens (tertiary/aromatic N) is 2. The summed E-state index contributed by atoms with van der Waals surface area (Å²) >= 11 is 0. The van der Waals surface area contributed by atoms with Crippen molar-refractivity contribution in [3.63, 3.8) is 0 Å². The predicted octanol–water partition coefficient (Wildman–Crippen LogP) is 0.303. The van der Waals surface area contributed by atoms with Gasteiger partial charge in [-0.15, -0.1) is 0 Å². The normalized spacial score (nSPS) is 15.2. The van der Waals surface area contributed by atoms with Crippen molar-refractivity contribution in [1.82, 2.24) is 9.97 Å². The number of carbonyl (C=O) groups is 1. The third-order valence-corrected chi connectivity index (χ3v) is 2.45. The van der Waals surface area contributed by atoms with Gasteiger partial charge in [-0.25, -0.2) is 4.98 Å². The van der Waals surface area contributed by atoms with Gasteiger partial charge in [0.1, 0.15) is 5.82 Å². The summed E-state index contributed by atoms with van der Waals surface area (Å²) in [7, 11) is 0. The fraction of sp³-hybridized carbons (Fsp3) is 0.500. The van der Waals surface area contributed by atoms with Gasteiger partial charge in [0.05, 0.1) is 0 Å². The van der Waals surface area contributed by atoms with E-state index in [0.29, 0.717) is 5.82 Å². The number of aromatic nitrogens is 2. The minimum absolute atomic E-state index is 0.109. The first-order chi connectivity index (χ1) is 7.59. The molecule has 16 heavy (non-hydrogen) atoms. The molecule has 88 valence electrons. The van der Waals surface area contributed by atoms with Gasteiger partial charge in [0.2, 0.25) is 11.9 Å². The van der Waals surface area contributed by atoms with Gasteiger partial charge in [-0.3, -0.25) is 4.79 Å². The molecule has 0 aromatic carbocycles. The second kappa shape index (κ2) is 5.89. The maximum absolute atomic E-state index is 10.4. The van der Waals surface area contributed by atoms with Crippen LogP contribution >= 0.6 is 0 Å². The molecule has 1 aromatic heterocycles. The summed E-state index contributed by atoms with van der Waals surface area (Å²) in [5.41, 5.74) is 15.4. The zero-order chi connectivity index (χ0) is 12.0. The van der Waals surface area contributed by atoms with Crippen molar-refractivity contribution in [3.8, 4) is 0 Å². The van der Waals surface area contributed by atoms with Crippen LogP contribution in [0, 0.1) is 5.92 Å². The van der Waals surface area contributed by atoms with Gasteiger partial charge in [0.25, 0.3) is 0 Å². The minimum atomic E-state index is -0.109. The summed E-state index contributed by atoms with van der Waals surface area (Å²) in [5, 5.41) is 0. The van der Waals surface area contributed by atoms with Crippen LogP contribution in [-0.4, -0.2) is 15.9 Å². The van der Waals surface area contributed by atoms with Crippen LogP contribution in [0.4, 0.5) is 11.8 Å². The van der Waals surface area contributed by atoms with E-state index < -0.39 is 0 Å². The maximum atomic E-state index is 10.4. The number of nitrogen functional groups attached to an aromatic ring is 2. The molecular weight excluding hydrogens is 206 g/mol. The van der Waals surface area contributed by atoms with Crippen LogP contribution in [0.1, 0.15) is 25.7 Å². The molecule has 1 amide bonds. The number of anilines is 2. The van der Waals surface area contributed by atoms with Crippen molar-refractivity contribution < 1.29 is 4.79 Å². The molecule has 1 heterocycles. The monoisotopic (exact) mass is 223 g/mol. The Morgan fingerprint density at radius 3 is 2.25 bits per heavy atom. The van der Waals surface area contributed by atoms with Crippen LogP contribution in [0.2, 0.25) is 0 Å². The first kappa shape index (κ1) is 12.2. The van der Waals surface area contributed by atoms with Crippen LogP contribution < -0.4 is 17.2 Å². The Morgan fingerprint density at radius 1 is 1.31 bits per heavy atom. The Morgan fingerprint density at radius 2 is 1.94 bits per heavy atom. The van der Waals surface area contributed by atoms with Crippen molar-refractivity contribution in [2.45, 2.75) is 25.7 Å². The molecule has 0 radical (unpaired) electrons. The smallest absolute Gasteiger partial charge is 0.221 e. The molecule has 1 fully saturated rings. The standard InChI is InChI=1S/C6H11NO.C4H6N4/c7-6(8)5-3-1-2-4-5;5-3-1-2-7-4(6)8-3/h5H,1-4H2,(H2,7,8);1-2H,(H4,5,6,7,8). The molecule has 1 saturated carbocycles. The van der Waals surface area contributed by atoms with Gasteiger partial charge in [0, 0.05) is 12.1 Å². The quantitative estimate of drug-likeness (QED) is 0.632. The zero-order valence-electron chi connectivity index (χ0n) is 9.10. The highest BCUT2D eigenvalue weighted by Crippen LogP contribution is 2.23. The lowest BCUT2D eigenvalue weighted by molar-refractivity contribution is -0.121. The highest BCUT2D eigenvalue weighted by molar-refractivity contribution is 5.76. The van der Waals surface area contributed by atoms with E-state index in [1.807, 2.05) is 0 Å². The number of carbonyl (C=O) groups excluding carboxylic acids is 1. The van der Waals surface area contributed by atoms with E-state index in [0.717, 1.165) is 12.8 Å². The van der Waals surface area contributed by atoms with Crippen molar-refractivity contribution in [3.05, 3.63) is 12.3 Å². The number of hydrogen-bond acceptors (Lipinski definition) is 5. The van der Waals surface area contributed by atoms with Gasteiger partial charge < -0.3 is 17.2 Å². The highest BCUT2D eigenvalue weighted by atomic mass is 16.1. The summed E-state index contributed by atoms with van der Waals surface area (Å²) in [4.78, 5) is 17.7. The van der Waals surface area contributed by atoms with Gasteiger partial charge in [-0.1, -0.05) is 12.8 Å². The Kier molecular flexibility index (Phi) is 4.50. The predicted molar refractivity (Wildman–Crippen MR) is 62.0 cm³/mol. The maximum Gasteiger partial charge on any atom is 0.221 e. The fourth-order valence-corrected chi connectivity index (χ4v) is 1.60. The number of nitrogens with two attached hydrogens (primary N) is 3. The van der Waals surface area contributed by atoms with Gasteiger partial charge in [0.15, 0.2) is 0 Å². The van der Waals surface area contributed by atoms with Gasteiger partial charge in [-0.2, -0.15) is 4.98 Å². The lowest BCUT2D eigenvalue weighted by atomic mass is 10.1. The summed E-state index contributed by atoms with van der Waals surface area (Å²) in [6.07, 6.45) is 5.93. The lowest BCUT2D eigenvalue weighted by Gasteiger charge is -1.98. The van der Waals surface area contributed by atoms with Crippen LogP contribution in [0.5, 0.6) is 0 Å². The van der Waals surface area contributed by atoms with E-state index >= 15 is 0 Å². The largest absolute Gasteiger partial charge is 0.384 e. The average molecular weight is 223 g/mol. The van der Waals surface area contributed by atoms with E-state index in [9.17, 15) is 4.79 Å². The average Bonchev–Trinajstić information content (AvgIpc) is 2.70. The van der Waals surface area contributed by atoms with E-state index in [1.165, 1.54) is 19.0 Å². The highest BCUT2D eigenvalue weighted by Gasteiger charge is 2.19. The third-order valence-electron chi connectivity index (χ3n) is 2.45. The SMILES string of the molecule is NC(=O)C1CCCC1.Nc1ccnc(N)n1. The Labute approximate surface area is 94.2 Å². The molecule has 1 aromatic rings. The van der Waals surface area contributed by atoms with Crippen LogP contribution in [0.3, 0.4) is 0 Å². The zero-order valence-corrected chi connectivity index (χ0v) is 9.10. The Balaban J connectivity index is 0.000000160. The van der Waals surface area contributed by atoms with Crippen LogP contribution in [0.15, 0.2) is 12.3 Å². The molecule has 0 spiro atoms. The molecule has 2 rings (SSSR count). The number of hydrogen-bond donors (Lipinski definition) is 3. The second-order valence-electron chi connectivity index (χ2n) is 3.72. The van der Waals surface area contributed by atoms with Crippen molar-refractivity contribution in [2.75, 3.05) is 11.5 Å². The summed E-state index contributed by atoms with van der Waals surface area (Å²) in [5.74, 6) is 0.708. The minimum Gasteiger partial charge on any atom is -0.384 e. The van der Waals surface area contributed by atoms with Crippen molar-refractivity contribution in [2.24, 2.45) is 11.7 Å². The summed E-state index contributed by atoms with van der Waals surface area (Å²) in [6, 6.07) is 1.58. The number of amides is 1. The molecule has 0 unspecified atom stereocenters. The summed E-state index contributed by atoms with van der Waals surface area (Å²) in [6.45, 7) is 0. The molecule has 1 aliphatic carbocycles. The van der Waals surface area contributed by atoms with E-state index in [2.05, 4.69) is 9.97 Å². The summed E-state index contributed by atoms with van der Waals surface area (Å²) < 4.78 is 0. The van der Waals surface area contributed by atoms with Crippen LogP contribution in [0.25, 0.3) is 0 Å². The molecule has 0 saturated heterocycles. The molecule has 6 nitrogen and oxygen atoms in total. The van der Waals surface area contributed by atoms with E-state index in [1.54, 1.807) is 6.07 Å². The fourth-order valence-electron chi connectivity index (χ4n) is 1.60. The molecule has 0 aliphatic heterocycles. The van der Waals surface area contributed by atoms with Gasteiger partial charge >= 0.3 is 0 Å². The van der Waals surface area contributed by atoms with Crippen molar-refractivity contribution >= 4 is 17.7 Å². The molecule has 0 bridgehead atoms. The lowest BCUT2D eigenvalue weighted by Crippen LogP contribution is -2.19.